The average Bonchev–Trinajstić information content (AvgIpc) is 3.09. The van der Waals surface area contributed by atoms with Gasteiger partial charge in [-0.2, -0.15) is 0 Å². The standard InChI is InChI=1S/C15H12ClN5O3/c1-8(24-15(23)13-6-19-21-20-13)10-3-2-9(16)4-11(10)12-5-14(22)18-7-17-12/h2-8H,1H3,(H,17,18,22)(H,19,20,21). The van der Waals surface area contributed by atoms with Crippen LogP contribution in [0.4, 0.5) is 0 Å². The van der Waals surface area contributed by atoms with Gasteiger partial charge in [0.15, 0.2) is 5.69 Å². The van der Waals surface area contributed by atoms with Gasteiger partial charge in [-0.1, -0.05) is 22.9 Å². The first-order valence-electron chi connectivity index (χ1n) is 6.93. The van der Waals surface area contributed by atoms with Gasteiger partial charge in [-0.25, -0.2) is 14.8 Å². The zero-order valence-electron chi connectivity index (χ0n) is 12.5. The fourth-order valence-corrected chi connectivity index (χ4v) is 2.36. The fraction of sp³-hybridized carbons (Fsp3) is 0.133. The summed E-state index contributed by atoms with van der Waals surface area (Å²) < 4.78 is 5.40. The molecule has 122 valence electrons. The molecule has 0 amide bonds. The molecular weight excluding hydrogens is 334 g/mol. The van der Waals surface area contributed by atoms with E-state index in [2.05, 4.69) is 25.4 Å². The normalized spacial score (nSPS) is 11.9. The highest BCUT2D eigenvalue weighted by molar-refractivity contribution is 6.30. The van der Waals surface area contributed by atoms with Gasteiger partial charge in [-0.15, -0.1) is 5.10 Å². The van der Waals surface area contributed by atoms with E-state index in [9.17, 15) is 9.90 Å². The van der Waals surface area contributed by atoms with Gasteiger partial charge >= 0.3 is 5.97 Å². The summed E-state index contributed by atoms with van der Waals surface area (Å²) in [6.45, 7) is 1.71. The Morgan fingerprint density at radius 1 is 1.33 bits per heavy atom. The SMILES string of the molecule is CC(OC(=O)c1c[nH]nn1)c1ccc(Cl)cc1-c1cc(O)ncn1. The number of nitrogens with one attached hydrogen (secondary N) is 1. The van der Waals surface area contributed by atoms with Gasteiger partial charge in [0.25, 0.3) is 0 Å². The second-order valence-electron chi connectivity index (χ2n) is 4.90. The molecule has 0 spiro atoms. The van der Waals surface area contributed by atoms with E-state index in [1.807, 2.05) is 0 Å². The number of ether oxygens (including phenoxy) is 1. The number of halogens is 1. The predicted octanol–water partition coefficient (Wildman–Crippen LogP) is 2.54. The van der Waals surface area contributed by atoms with Crippen molar-refractivity contribution in [2.75, 3.05) is 0 Å². The molecule has 3 aromatic rings. The number of hydrogen-bond acceptors (Lipinski definition) is 7. The molecule has 1 atom stereocenters. The summed E-state index contributed by atoms with van der Waals surface area (Å²) in [6, 6.07) is 6.50. The van der Waals surface area contributed by atoms with Crippen LogP contribution in [-0.2, 0) is 4.74 Å². The van der Waals surface area contributed by atoms with Gasteiger partial charge in [0.05, 0.1) is 11.9 Å². The molecule has 8 nitrogen and oxygen atoms in total. The highest BCUT2D eigenvalue weighted by atomic mass is 35.5. The number of carbonyl (C=O) groups excluding carboxylic acids is 1. The van der Waals surface area contributed by atoms with Gasteiger partial charge in [0.2, 0.25) is 5.88 Å². The number of H-pyrrole nitrogens is 1. The van der Waals surface area contributed by atoms with E-state index < -0.39 is 12.1 Å². The van der Waals surface area contributed by atoms with E-state index in [0.29, 0.717) is 21.8 Å². The van der Waals surface area contributed by atoms with Gasteiger partial charge in [-0.05, 0) is 19.1 Å². The number of rotatable bonds is 4. The van der Waals surface area contributed by atoms with Crippen LogP contribution in [0.2, 0.25) is 5.02 Å². The van der Waals surface area contributed by atoms with E-state index >= 15 is 0 Å². The smallest absolute Gasteiger partial charge is 0.361 e. The Bertz CT molecular complexity index is 869. The summed E-state index contributed by atoms with van der Waals surface area (Å²) in [7, 11) is 0. The van der Waals surface area contributed by atoms with Gasteiger partial charge in [-0.3, -0.25) is 5.10 Å². The third kappa shape index (κ3) is 3.33. The van der Waals surface area contributed by atoms with Crippen LogP contribution in [0.3, 0.4) is 0 Å². The van der Waals surface area contributed by atoms with Crippen molar-refractivity contribution >= 4 is 17.6 Å². The number of benzene rings is 1. The summed E-state index contributed by atoms with van der Waals surface area (Å²) in [6.07, 6.45) is 1.99. The second-order valence-corrected chi connectivity index (χ2v) is 5.34. The third-order valence-corrected chi connectivity index (χ3v) is 3.53. The van der Waals surface area contributed by atoms with Gasteiger partial charge in [0.1, 0.15) is 12.4 Å². The Balaban J connectivity index is 1.94. The molecule has 2 heterocycles. The Morgan fingerprint density at radius 2 is 2.17 bits per heavy atom. The Kier molecular flexibility index (Phi) is 4.39. The van der Waals surface area contributed by atoms with Crippen LogP contribution in [0.15, 0.2) is 36.8 Å². The lowest BCUT2D eigenvalue weighted by Crippen LogP contribution is -2.10. The molecule has 0 fully saturated rings. The highest BCUT2D eigenvalue weighted by Crippen LogP contribution is 2.32. The number of aromatic amines is 1. The Hall–Kier alpha value is -3.00. The van der Waals surface area contributed by atoms with Crippen molar-refractivity contribution in [3.8, 4) is 17.1 Å². The Morgan fingerprint density at radius 3 is 2.88 bits per heavy atom. The van der Waals surface area contributed by atoms with Crippen LogP contribution in [0.5, 0.6) is 5.88 Å². The van der Waals surface area contributed by atoms with E-state index in [-0.39, 0.29) is 11.6 Å². The molecular formula is C15H12ClN5O3. The first kappa shape index (κ1) is 15.9. The molecule has 0 saturated carbocycles. The second kappa shape index (κ2) is 6.63. The molecule has 0 radical (unpaired) electrons. The van der Waals surface area contributed by atoms with Crippen LogP contribution >= 0.6 is 11.6 Å². The average molecular weight is 346 g/mol. The minimum atomic E-state index is -0.609. The van der Waals surface area contributed by atoms with Crippen molar-refractivity contribution in [2.24, 2.45) is 0 Å². The summed E-state index contributed by atoms with van der Waals surface area (Å²) in [5.41, 5.74) is 1.84. The molecule has 24 heavy (non-hydrogen) atoms. The first-order valence-corrected chi connectivity index (χ1v) is 7.30. The maximum atomic E-state index is 12.0. The molecule has 0 saturated heterocycles. The third-order valence-electron chi connectivity index (χ3n) is 3.29. The molecule has 2 aromatic heterocycles. The molecule has 0 aliphatic carbocycles. The van der Waals surface area contributed by atoms with Crippen molar-refractivity contribution in [1.82, 2.24) is 25.4 Å². The lowest BCUT2D eigenvalue weighted by molar-refractivity contribution is 0.0332. The summed E-state index contributed by atoms with van der Waals surface area (Å²) in [5, 5.41) is 19.6. The van der Waals surface area contributed by atoms with Crippen molar-refractivity contribution in [1.29, 1.82) is 0 Å². The largest absolute Gasteiger partial charge is 0.493 e. The molecule has 3 rings (SSSR count). The van der Waals surface area contributed by atoms with Crippen LogP contribution in [0, 0.1) is 0 Å². The monoisotopic (exact) mass is 345 g/mol. The van der Waals surface area contributed by atoms with Gasteiger partial charge in [0, 0.05) is 22.2 Å². The van der Waals surface area contributed by atoms with Crippen LogP contribution < -0.4 is 0 Å². The van der Waals surface area contributed by atoms with E-state index in [1.54, 1.807) is 25.1 Å². The summed E-state index contributed by atoms with van der Waals surface area (Å²) in [5.74, 6) is -0.777. The van der Waals surface area contributed by atoms with Crippen molar-refractivity contribution < 1.29 is 14.6 Å². The molecule has 0 aliphatic heterocycles. The molecule has 1 aromatic carbocycles. The van der Waals surface area contributed by atoms with Crippen molar-refractivity contribution in [3.63, 3.8) is 0 Å². The first-order chi connectivity index (χ1) is 11.5. The zero-order chi connectivity index (χ0) is 17.1. The number of aromatic nitrogens is 5. The number of esters is 1. The molecule has 1 unspecified atom stereocenters. The Labute approximate surface area is 141 Å². The molecule has 9 heteroatoms. The lowest BCUT2D eigenvalue weighted by atomic mass is 10.0. The zero-order valence-corrected chi connectivity index (χ0v) is 13.2. The lowest BCUT2D eigenvalue weighted by Gasteiger charge is -2.17. The van der Waals surface area contributed by atoms with Crippen molar-refractivity contribution in [2.45, 2.75) is 13.0 Å². The maximum Gasteiger partial charge on any atom is 0.361 e. The van der Waals surface area contributed by atoms with E-state index in [1.165, 1.54) is 18.6 Å². The predicted molar refractivity (Wildman–Crippen MR) is 84.4 cm³/mol. The van der Waals surface area contributed by atoms with Crippen LogP contribution in [-0.4, -0.2) is 36.5 Å². The van der Waals surface area contributed by atoms with Crippen LogP contribution in [0.1, 0.15) is 29.1 Å². The minimum absolute atomic E-state index is 0.0806. The number of nitrogens with zero attached hydrogens (tertiary/aromatic N) is 4. The molecule has 0 aliphatic rings. The van der Waals surface area contributed by atoms with E-state index in [0.717, 1.165) is 0 Å². The molecule has 0 bridgehead atoms. The maximum absolute atomic E-state index is 12.0. The number of carbonyl (C=O) groups is 1. The van der Waals surface area contributed by atoms with E-state index in [4.69, 9.17) is 16.3 Å². The van der Waals surface area contributed by atoms with Crippen LogP contribution in [0.25, 0.3) is 11.3 Å². The summed E-state index contributed by atoms with van der Waals surface area (Å²) in [4.78, 5) is 19.8. The number of aromatic hydroxyl groups is 1. The molecule has 2 N–H and O–H groups in total. The highest BCUT2D eigenvalue weighted by Gasteiger charge is 2.20. The fourth-order valence-electron chi connectivity index (χ4n) is 2.18. The van der Waals surface area contributed by atoms with Crippen molar-refractivity contribution in [3.05, 3.63) is 53.1 Å². The topological polar surface area (TPSA) is 114 Å². The minimum Gasteiger partial charge on any atom is -0.493 e. The number of hydrogen-bond donors (Lipinski definition) is 2. The quantitative estimate of drug-likeness (QED) is 0.698. The summed E-state index contributed by atoms with van der Waals surface area (Å²) >= 11 is 6.06. The van der Waals surface area contributed by atoms with Gasteiger partial charge < -0.3 is 9.84 Å².